The van der Waals surface area contributed by atoms with Gasteiger partial charge in [0.05, 0.1) is 24.7 Å². The molecule has 152 valence electrons. The van der Waals surface area contributed by atoms with Crippen molar-refractivity contribution >= 4 is 32.7 Å². The average molecular weight is 416 g/mol. The third-order valence-electron chi connectivity index (χ3n) is 5.62. The number of carboxylic acids is 1. The predicted molar refractivity (Wildman–Crippen MR) is 105 cm³/mol. The smallest absolute Gasteiger partial charge is 0.353 e. The first-order valence-corrected chi connectivity index (χ1v) is 13.0. The molecule has 1 unspecified atom stereocenters. The van der Waals surface area contributed by atoms with Gasteiger partial charge in [-0.1, -0.05) is 20.8 Å². The largest absolute Gasteiger partial charge is 0.477 e. The van der Waals surface area contributed by atoms with Gasteiger partial charge < -0.3 is 19.0 Å². The summed E-state index contributed by atoms with van der Waals surface area (Å²) < 4.78 is 17.4. The van der Waals surface area contributed by atoms with E-state index in [0.717, 1.165) is 0 Å². The lowest BCUT2D eigenvalue weighted by atomic mass is 9.66. The highest BCUT2D eigenvalue weighted by Crippen LogP contribution is 2.57. The number of carbonyl (C=O) groups excluding carboxylic acids is 1. The first-order valence-electron chi connectivity index (χ1n) is 9.34. The number of β-lactam (4-membered cyclic amide) rings is 1. The molecule has 3 atom stereocenters. The fourth-order valence-corrected chi connectivity index (χ4v) is 7.04. The van der Waals surface area contributed by atoms with Crippen molar-refractivity contribution in [1.29, 1.82) is 0 Å². The van der Waals surface area contributed by atoms with Crippen molar-refractivity contribution in [3.05, 3.63) is 10.6 Å². The van der Waals surface area contributed by atoms with Crippen molar-refractivity contribution < 1.29 is 28.6 Å². The summed E-state index contributed by atoms with van der Waals surface area (Å²) in [4.78, 5) is 27.1. The van der Waals surface area contributed by atoms with Gasteiger partial charge >= 0.3 is 5.97 Å². The maximum absolute atomic E-state index is 13.1. The van der Waals surface area contributed by atoms with Crippen LogP contribution in [0.25, 0.3) is 0 Å². The summed E-state index contributed by atoms with van der Waals surface area (Å²) in [5, 5.41) is 9.47. The number of fused-ring (bicyclic) bond motifs is 1. The number of rotatable bonds is 6. The van der Waals surface area contributed by atoms with Gasteiger partial charge in [0.25, 0.3) is 0 Å². The molecule has 7 nitrogen and oxygen atoms in total. The summed E-state index contributed by atoms with van der Waals surface area (Å²) in [5.41, 5.74) is -0.845. The normalized spacial score (nSPS) is 28.6. The topological polar surface area (TPSA) is 85.3 Å². The molecule has 3 heterocycles. The van der Waals surface area contributed by atoms with Gasteiger partial charge in [-0.15, -0.1) is 11.8 Å². The standard InChI is InChI=1S/C18H29NO6SSi/c1-17(2,3)18(4,25-27(5)6)12-14(20)19-13(16(21)22)10(26-15(12)19)9-11-23-7-8-24-11/h11-12,15,27H,7-9H2,1-6H3,(H,21,22)/t12-,15+,18?/m0/s1. The van der Waals surface area contributed by atoms with Crippen LogP contribution < -0.4 is 0 Å². The van der Waals surface area contributed by atoms with E-state index in [1.807, 2.05) is 6.92 Å². The van der Waals surface area contributed by atoms with E-state index < -0.39 is 26.9 Å². The Kier molecular flexibility index (Phi) is 5.55. The van der Waals surface area contributed by atoms with E-state index in [2.05, 4.69) is 33.9 Å². The maximum Gasteiger partial charge on any atom is 0.353 e. The van der Waals surface area contributed by atoms with Crippen molar-refractivity contribution in [3.8, 4) is 0 Å². The first-order chi connectivity index (χ1) is 12.5. The average Bonchev–Trinajstić information content (AvgIpc) is 3.12. The lowest BCUT2D eigenvalue weighted by molar-refractivity contribution is -0.173. The number of carbonyl (C=O) groups is 2. The molecule has 0 aromatic heterocycles. The summed E-state index contributed by atoms with van der Waals surface area (Å²) in [6.07, 6.45) is -0.0897. The van der Waals surface area contributed by atoms with Crippen LogP contribution in [0.3, 0.4) is 0 Å². The third-order valence-corrected chi connectivity index (χ3v) is 7.95. The lowest BCUT2D eigenvalue weighted by Gasteiger charge is -2.56. The molecule has 2 fully saturated rings. The number of hydrogen-bond acceptors (Lipinski definition) is 6. The fraction of sp³-hybridized carbons (Fsp3) is 0.778. The van der Waals surface area contributed by atoms with Crippen molar-refractivity contribution in [3.63, 3.8) is 0 Å². The molecule has 0 saturated carbocycles. The molecule has 1 amide bonds. The highest BCUT2D eigenvalue weighted by molar-refractivity contribution is 8.04. The Labute approximate surface area is 166 Å². The predicted octanol–water partition coefficient (Wildman–Crippen LogP) is 2.38. The second-order valence-corrected chi connectivity index (χ2v) is 12.2. The molecule has 0 radical (unpaired) electrons. The fourth-order valence-electron chi connectivity index (χ4n) is 3.92. The molecule has 1 N–H and O–H groups in total. The van der Waals surface area contributed by atoms with Crippen molar-refractivity contribution in [1.82, 2.24) is 4.90 Å². The molecule has 27 heavy (non-hydrogen) atoms. The van der Waals surface area contributed by atoms with Crippen LogP contribution in [-0.2, 0) is 23.5 Å². The van der Waals surface area contributed by atoms with Crippen LogP contribution in [0.5, 0.6) is 0 Å². The number of hydrogen-bond donors (Lipinski definition) is 1. The van der Waals surface area contributed by atoms with Crippen LogP contribution in [0.2, 0.25) is 13.1 Å². The minimum Gasteiger partial charge on any atom is -0.477 e. The van der Waals surface area contributed by atoms with Gasteiger partial charge in [-0.3, -0.25) is 9.69 Å². The summed E-state index contributed by atoms with van der Waals surface area (Å²) in [5.74, 6) is -1.63. The molecule has 0 spiro atoms. The Hall–Kier alpha value is -0.873. The molecule has 9 heteroatoms. The Balaban J connectivity index is 1.88. The van der Waals surface area contributed by atoms with E-state index in [0.29, 0.717) is 24.5 Å². The Morgan fingerprint density at radius 1 is 1.30 bits per heavy atom. The van der Waals surface area contributed by atoms with Crippen LogP contribution in [0.15, 0.2) is 10.6 Å². The molecule has 0 bridgehead atoms. The minimum absolute atomic E-state index is 0.0726. The summed E-state index contributed by atoms with van der Waals surface area (Å²) in [6, 6.07) is 0. The van der Waals surface area contributed by atoms with Crippen LogP contribution in [0.1, 0.15) is 34.1 Å². The maximum atomic E-state index is 13.1. The van der Waals surface area contributed by atoms with Gasteiger partial charge in [-0.25, -0.2) is 4.79 Å². The number of aliphatic carboxylic acids is 1. The van der Waals surface area contributed by atoms with Gasteiger partial charge in [-0.2, -0.15) is 0 Å². The van der Waals surface area contributed by atoms with Gasteiger partial charge in [0, 0.05) is 11.3 Å². The number of amides is 1. The van der Waals surface area contributed by atoms with Crippen LogP contribution in [0, 0.1) is 11.3 Å². The molecule has 2 saturated heterocycles. The molecule has 3 rings (SSSR count). The van der Waals surface area contributed by atoms with E-state index in [9.17, 15) is 14.7 Å². The van der Waals surface area contributed by atoms with Gasteiger partial charge in [0.2, 0.25) is 5.91 Å². The number of carboxylic acid groups (broad SMARTS) is 1. The van der Waals surface area contributed by atoms with Gasteiger partial charge in [-0.05, 0) is 25.4 Å². The highest BCUT2D eigenvalue weighted by Gasteiger charge is 2.65. The SMILES string of the molecule is C[SiH](C)OC(C)([C@H]1C(=O)N2C(C(=O)O)=C(CC3OCCO3)S[C@H]12)C(C)(C)C. The van der Waals surface area contributed by atoms with E-state index in [-0.39, 0.29) is 28.3 Å². The van der Waals surface area contributed by atoms with Gasteiger partial charge in [0.1, 0.15) is 11.1 Å². The molecule has 0 aromatic carbocycles. The Bertz CT molecular complexity index is 669. The van der Waals surface area contributed by atoms with Crippen molar-refractivity contribution in [2.45, 2.75) is 64.5 Å². The Morgan fingerprint density at radius 3 is 2.37 bits per heavy atom. The molecule has 0 aromatic rings. The van der Waals surface area contributed by atoms with Crippen LogP contribution in [-0.4, -0.2) is 61.4 Å². The molecule has 3 aliphatic rings. The zero-order valence-corrected chi connectivity index (χ0v) is 18.7. The monoisotopic (exact) mass is 415 g/mol. The second-order valence-electron chi connectivity index (χ2n) is 8.67. The van der Waals surface area contributed by atoms with Crippen LogP contribution >= 0.6 is 11.8 Å². The van der Waals surface area contributed by atoms with Crippen LogP contribution in [0.4, 0.5) is 0 Å². The number of nitrogens with zero attached hydrogens (tertiary/aromatic N) is 1. The summed E-state index contributed by atoms with van der Waals surface area (Å²) in [6.45, 7) is 13.4. The molecular weight excluding hydrogens is 386 g/mol. The van der Waals surface area contributed by atoms with Gasteiger partial charge in [0.15, 0.2) is 15.3 Å². The van der Waals surface area contributed by atoms with Crippen molar-refractivity contribution in [2.24, 2.45) is 11.3 Å². The van der Waals surface area contributed by atoms with E-state index in [1.165, 1.54) is 16.7 Å². The second kappa shape index (κ2) is 7.18. The zero-order valence-electron chi connectivity index (χ0n) is 16.8. The summed E-state index contributed by atoms with van der Waals surface area (Å²) in [7, 11) is -1.42. The Morgan fingerprint density at radius 2 is 1.89 bits per heavy atom. The van der Waals surface area contributed by atoms with Crippen molar-refractivity contribution in [2.75, 3.05) is 13.2 Å². The summed E-state index contributed by atoms with van der Waals surface area (Å²) >= 11 is 1.44. The number of thioether (sulfide) groups is 1. The molecule has 3 aliphatic heterocycles. The van der Waals surface area contributed by atoms with E-state index >= 15 is 0 Å². The molecular formula is C18H29NO6SSi. The minimum atomic E-state index is -1.42. The highest BCUT2D eigenvalue weighted by atomic mass is 32.2. The number of ether oxygens (including phenoxy) is 2. The third kappa shape index (κ3) is 3.48. The first kappa shape index (κ1) is 20.9. The zero-order chi connectivity index (χ0) is 20.1. The lowest BCUT2D eigenvalue weighted by Crippen LogP contribution is -2.69. The van der Waals surface area contributed by atoms with E-state index in [1.54, 1.807) is 0 Å². The molecule has 0 aliphatic carbocycles. The van der Waals surface area contributed by atoms with E-state index in [4.69, 9.17) is 13.9 Å². The quantitative estimate of drug-likeness (QED) is 0.526.